The highest BCUT2D eigenvalue weighted by Crippen LogP contribution is 2.44. The molecule has 1 saturated heterocycles. The van der Waals surface area contributed by atoms with Gasteiger partial charge in [-0.1, -0.05) is 17.4 Å². The minimum Gasteiger partial charge on any atom is -0.507 e. The van der Waals surface area contributed by atoms with Gasteiger partial charge in [-0.2, -0.15) is 0 Å². The SMILES string of the molecule is COc1cc2sc(N3C(=O)C(=O)/C(=C(/O)c4ccc(F)c(C)c4)C3c3ccccn3)nc2cc1C. The topological polar surface area (TPSA) is 92.6 Å². The van der Waals surface area contributed by atoms with Gasteiger partial charge in [-0.15, -0.1) is 0 Å². The fourth-order valence-electron chi connectivity index (χ4n) is 4.17. The van der Waals surface area contributed by atoms with E-state index < -0.39 is 29.3 Å². The molecule has 35 heavy (non-hydrogen) atoms. The summed E-state index contributed by atoms with van der Waals surface area (Å²) in [6.45, 7) is 3.44. The number of aromatic nitrogens is 2. The summed E-state index contributed by atoms with van der Waals surface area (Å²) < 4.78 is 20.0. The maximum Gasteiger partial charge on any atom is 0.301 e. The predicted octanol–water partition coefficient (Wildman–Crippen LogP) is 5.08. The number of carbonyl (C=O) groups is 2. The molecule has 1 aliphatic heterocycles. The standard InChI is InChI=1S/C26H20FN3O4S/c1-13-10-15(7-8-16(13)27)23(31)21-22(17-6-4-5-9-28-17)30(25(33)24(21)32)26-29-18-11-14(2)19(34-3)12-20(18)35-26/h4-12,22,31H,1-3H3/b23-21+. The number of aliphatic hydroxyl groups excluding tert-OH is 1. The molecule has 0 bridgehead atoms. The quantitative estimate of drug-likeness (QED) is 0.244. The number of hydrogen-bond acceptors (Lipinski definition) is 7. The lowest BCUT2D eigenvalue weighted by atomic mass is 9.97. The van der Waals surface area contributed by atoms with Crippen LogP contribution in [0, 0.1) is 19.7 Å². The number of ketones is 1. The second-order valence-corrected chi connectivity index (χ2v) is 9.18. The monoisotopic (exact) mass is 489 g/mol. The highest BCUT2D eigenvalue weighted by molar-refractivity contribution is 7.22. The van der Waals surface area contributed by atoms with Gasteiger partial charge in [-0.25, -0.2) is 9.37 Å². The van der Waals surface area contributed by atoms with Gasteiger partial charge in [0.2, 0.25) is 0 Å². The van der Waals surface area contributed by atoms with Crippen LogP contribution in [0.4, 0.5) is 9.52 Å². The molecule has 1 amide bonds. The van der Waals surface area contributed by atoms with E-state index in [0.717, 1.165) is 10.3 Å². The molecule has 1 N–H and O–H groups in total. The fraction of sp³-hybridized carbons (Fsp3) is 0.154. The Morgan fingerprint density at radius 2 is 1.91 bits per heavy atom. The lowest BCUT2D eigenvalue weighted by Gasteiger charge is -2.22. The summed E-state index contributed by atoms with van der Waals surface area (Å²) in [6.07, 6.45) is 1.55. The summed E-state index contributed by atoms with van der Waals surface area (Å²) in [5.41, 5.74) is 2.32. The van der Waals surface area contributed by atoms with Gasteiger partial charge in [0.25, 0.3) is 5.78 Å². The normalized spacial score (nSPS) is 17.4. The van der Waals surface area contributed by atoms with E-state index in [1.807, 2.05) is 19.1 Å². The van der Waals surface area contributed by atoms with Gasteiger partial charge in [0, 0.05) is 11.8 Å². The van der Waals surface area contributed by atoms with Gasteiger partial charge >= 0.3 is 5.91 Å². The van der Waals surface area contributed by atoms with Crippen molar-refractivity contribution >= 4 is 44.1 Å². The van der Waals surface area contributed by atoms with Crippen LogP contribution in [-0.4, -0.2) is 33.9 Å². The number of fused-ring (bicyclic) bond motifs is 1. The lowest BCUT2D eigenvalue weighted by molar-refractivity contribution is -0.132. The molecule has 5 rings (SSSR count). The van der Waals surface area contributed by atoms with Crippen LogP contribution >= 0.6 is 11.3 Å². The third-order valence-corrected chi connectivity index (χ3v) is 6.96. The zero-order valence-electron chi connectivity index (χ0n) is 19.1. The Hall–Kier alpha value is -4.11. The molecule has 4 aromatic rings. The molecule has 0 radical (unpaired) electrons. The second kappa shape index (κ2) is 8.59. The minimum atomic E-state index is -1.01. The number of thiazole rings is 1. The summed E-state index contributed by atoms with van der Waals surface area (Å²) in [7, 11) is 1.58. The van der Waals surface area contributed by atoms with E-state index in [9.17, 15) is 19.1 Å². The summed E-state index contributed by atoms with van der Waals surface area (Å²) >= 11 is 1.23. The average Bonchev–Trinajstić information content (AvgIpc) is 3.37. The Balaban J connectivity index is 1.72. The first-order valence-corrected chi connectivity index (χ1v) is 11.6. The van der Waals surface area contributed by atoms with Crippen LogP contribution in [0.3, 0.4) is 0 Å². The van der Waals surface area contributed by atoms with Crippen molar-refractivity contribution in [1.82, 2.24) is 9.97 Å². The van der Waals surface area contributed by atoms with Crippen LogP contribution in [0.1, 0.15) is 28.4 Å². The molecule has 176 valence electrons. The van der Waals surface area contributed by atoms with Gasteiger partial charge in [-0.3, -0.25) is 19.5 Å². The van der Waals surface area contributed by atoms with E-state index in [2.05, 4.69) is 9.97 Å². The number of benzene rings is 2. The second-order valence-electron chi connectivity index (χ2n) is 8.17. The number of hydrogen-bond donors (Lipinski definition) is 1. The Bertz CT molecular complexity index is 1530. The molecule has 0 aliphatic carbocycles. The first-order valence-electron chi connectivity index (χ1n) is 10.7. The molecule has 9 heteroatoms. The number of carbonyl (C=O) groups excluding carboxylic acids is 2. The molecule has 2 aromatic heterocycles. The van der Waals surface area contributed by atoms with Gasteiger partial charge in [-0.05, 0) is 67.4 Å². The maximum atomic E-state index is 13.8. The largest absolute Gasteiger partial charge is 0.507 e. The number of Topliss-reactive ketones (excluding diaryl/α,β-unsaturated/α-hetero) is 1. The van der Waals surface area contributed by atoms with Gasteiger partial charge in [0.1, 0.15) is 23.4 Å². The van der Waals surface area contributed by atoms with Crippen LogP contribution < -0.4 is 9.64 Å². The zero-order chi connectivity index (χ0) is 24.9. The molecule has 7 nitrogen and oxygen atoms in total. The summed E-state index contributed by atoms with van der Waals surface area (Å²) in [5.74, 6) is -1.86. The van der Waals surface area contributed by atoms with Crippen molar-refractivity contribution in [3.63, 3.8) is 0 Å². The highest BCUT2D eigenvalue weighted by atomic mass is 32.1. The van der Waals surface area contributed by atoms with E-state index in [1.54, 1.807) is 38.4 Å². The van der Waals surface area contributed by atoms with Crippen molar-refractivity contribution in [3.8, 4) is 5.75 Å². The van der Waals surface area contributed by atoms with Crippen LogP contribution in [0.2, 0.25) is 0 Å². The number of methoxy groups -OCH3 is 1. The van der Waals surface area contributed by atoms with Crippen LogP contribution in [0.5, 0.6) is 5.75 Å². The molecule has 0 spiro atoms. The van der Waals surface area contributed by atoms with Gasteiger partial charge < -0.3 is 9.84 Å². The third-order valence-electron chi connectivity index (χ3n) is 5.94. The molecule has 1 fully saturated rings. The number of aryl methyl sites for hydroxylation is 2. The van der Waals surface area contributed by atoms with Crippen molar-refractivity contribution in [2.24, 2.45) is 0 Å². The average molecular weight is 490 g/mol. The smallest absolute Gasteiger partial charge is 0.301 e. The predicted molar refractivity (Wildman–Crippen MR) is 131 cm³/mol. The summed E-state index contributed by atoms with van der Waals surface area (Å²) in [6, 6.07) is 11.8. The molecule has 2 aromatic carbocycles. The third kappa shape index (κ3) is 3.74. The Morgan fingerprint density at radius 1 is 1.11 bits per heavy atom. The van der Waals surface area contributed by atoms with Crippen molar-refractivity contribution < 1.29 is 23.8 Å². The number of halogens is 1. The van der Waals surface area contributed by atoms with E-state index >= 15 is 0 Å². The number of rotatable bonds is 4. The fourth-order valence-corrected chi connectivity index (χ4v) is 5.17. The van der Waals surface area contributed by atoms with Crippen LogP contribution in [0.15, 0.2) is 60.3 Å². The van der Waals surface area contributed by atoms with Gasteiger partial charge in [0.15, 0.2) is 5.13 Å². The number of nitrogens with zero attached hydrogens (tertiary/aromatic N) is 3. The number of amides is 1. The Labute approximate surface area is 204 Å². The first kappa shape index (κ1) is 22.7. The van der Waals surface area contributed by atoms with Crippen molar-refractivity contribution in [2.45, 2.75) is 19.9 Å². The molecule has 3 heterocycles. The number of pyridine rings is 1. The Kier molecular flexibility index (Phi) is 5.56. The summed E-state index contributed by atoms with van der Waals surface area (Å²) in [5, 5.41) is 11.5. The number of ether oxygens (including phenoxy) is 1. The highest BCUT2D eigenvalue weighted by Gasteiger charge is 2.48. The lowest BCUT2D eigenvalue weighted by Crippen LogP contribution is -2.29. The number of aliphatic hydroxyl groups is 1. The van der Waals surface area contributed by atoms with E-state index in [4.69, 9.17) is 4.74 Å². The zero-order valence-corrected chi connectivity index (χ0v) is 19.9. The van der Waals surface area contributed by atoms with Crippen molar-refractivity contribution in [3.05, 3.63) is 88.5 Å². The minimum absolute atomic E-state index is 0.132. The first-order chi connectivity index (χ1) is 16.8. The Morgan fingerprint density at radius 3 is 2.60 bits per heavy atom. The van der Waals surface area contributed by atoms with Crippen molar-refractivity contribution in [2.75, 3.05) is 12.0 Å². The van der Waals surface area contributed by atoms with Crippen LogP contribution in [0.25, 0.3) is 16.0 Å². The maximum absolute atomic E-state index is 13.8. The van der Waals surface area contributed by atoms with Gasteiger partial charge in [0.05, 0.1) is 28.6 Å². The van der Waals surface area contributed by atoms with E-state index in [-0.39, 0.29) is 11.1 Å². The molecule has 1 atom stereocenters. The van der Waals surface area contributed by atoms with E-state index in [0.29, 0.717) is 27.7 Å². The molecule has 1 aliphatic rings. The van der Waals surface area contributed by atoms with Crippen molar-refractivity contribution in [1.29, 1.82) is 0 Å². The molecular formula is C26H20FN3O4S. The molecule has 1 unspecified atom stereocenters. The molecule has 0 saturated carbocycles. The van der Waals surface area contributed by atoms with Crippen LogP contribution in [-0.2, 0) is 9.59 Å². The molecular weight excluding hydrogens is 469 g/mol. The summed E-state index contributed by atoms with van der Waals surface area (Å²) in [4.78, 5) is 36.8. The number of anilines is 1. The van der Waals surface area contributed by atoms with E-state index in [1.165, 1.54) is 34.4 Å².